The number of rotatable bonds is 1. The summed E-state index contributed by atoms with van der Waals surface area (Å²) < 4.78 is 0. The van der Waals surface area contributed by atoms with Gasteiger partial charge in [-0.15, -0.1) is 0 Å². The first-order chi connectivity index (χ1) is 7.43. The molecule has 1 N–H and O–H groups in total. The van der Waals surface area contributed by atoms with Gasteiger partial charge in [-0.1, -0.05) is 19.8 Å². The molecule has 2 fully saturated rings. The average Bonchev–Trinajstić information content (AvgIpc) is 2.64. The largest absolute Gasteiger partial charge is 0.339 e. The minimum atomic E-state index is -0.0621. The van der Waals surface area contributed by atoms with Crippen LogP contribution in [0.5, 0.6) is 0 Å². The van der Waals surface area contributed by atoms with Crippen LogP contribution >= 0.6 is 0 Å². The van der Waals surface area contributed by atoms with Gasteiger partial charge in [-0.2, -0.15) is 0 Å². The molecule has 0 aromatic heterocycles. The molecule has 1 heterocycles. The zero-order valence-electron chi connectivity index (χ0n) is 10.8. The van der Waals surface area contributed by atoms with Crippen molar-refractivity contribution in [2.75, 3.05) is 19.6 Å². The maximum absolute atomic E-state index is 12.5. The van der Waals surface area contributed by atoms with Crippen molar-refractivity contribution in [1.29, 1.82) is 0 Å². The molecule has 0 radical (unpaired) electrons. The number of nitrogens with one attached hydrogen (secondary N) is 1. The van der Waals surface area contributed by atoms with Crippen molar-refractivity contribution in [3.63, 3.8) is 0 Å². The Morgan fingerprint density at radius 1 is 1.19 bits per heavy atom. The number of carbonyl (C=O) groups is 1. The highest BCUT2D eigenvalue weighted by Crippen LogP contribution is 2.39. The zero-order chi connectivity index (χ0) is 11.8. The Balaban J connectivity index is 2.04. The summed E-state index contributed by atoms with van der Waals surface area (Å²) in [5, 5.41) is 3.45. The molecule has 2 aliphatic rings. The molecular weight excluding hydrogens is 200 g/mol. The van der Waals surface area contributed by atoms with Gasteiger partial charge in [0.15, 0.2) is 0 Å². The predicted molar refractivity (Wildman–Crippen MR) is 65.2 cm³/mol. The molecule has 0 unspecified atom stereocenters. The predicted octanol–water partition coefficient (Wildman–Crippen LogP) is 1.78. The van der Waals surface area contributed by atoms with E-state index in [1.165, 1.54) is 12.8 Å². The second-order valence-electron chi connectivity index (χ2n) is 6.31. The standard InChI is InChI=1S/C13H24N2O/c1-12(2)10-15(9-8-14-12)11(16)13(3)6-4-5-7-13/h14H,4-10H2,1-3H3. The maximum atomic E-state index is 12.5. The zero-order valence-corrected chi connectivity index (χ0v) is 10.8. The van der Waals surface area contributed by atoms with Crippen LogP contribution in [0.2, 0.25) is 0 Å². The number of piperazine rings is 1. The molecule has 16 heavy (non-hydrogen) atoms. The maximum Gasteiger partial charge on any atom is 0.228 e. The van der Waals surface area contributed by atoms with E-state index < -0.39 is 0 Å². The molecule has 0 bridgehead atoms. The quantitative estimate of drug-likeness (QED) is 0.736. The molecule has 1 saturated carbocycles. The number of hydrogen-bond acceptors (Lipinski definition) is 2. The minimum absolute atomic E-state index is 0.0621. The number of amides is 1. The van der Waals surface area contributed by atoms with Gasteiger partial charge in [0.1, 0.15) is 0 Å². The summed E-state index contributed by atoms with van der Waals surface area (Å²) in [6, 6.07) is 0. The van der Waals surface area contributed by atoms with Gasteiger partial charge < -0.3 is 10.2 Å². The van der Waals surface area contributed by atoms with E-state index in [1.54, 1.807) is 0 Å². The van der Waals surface area contributed by atoms with Crippen LogP contribution in [0.15, 0.2) is 0 Å². The third-order valence-electron chi connectivity index (χ3n) is 4.08. The van der Waals surface area contributed by atoms with Crippen molar-refractivity contribution in [2.45, 2.75) is 52.0 Å². The van der Waals surface area contributed by atoms with Gasteiger partial charge in [0.05, 0.1) is 0 Å². The molecular formula is C13H24N2O. The Bertz CT molecular complexity index is 280. The fourth-order valence-electron chi connectivity index (χ4n) is 3.07. The van der Waals surface area contributed by atoms with Crippen molar-refractivity contribution in [2.24, 2.45) is 5.41 Å². The average molecular weight is 224 g/mol. The highest BCUT2D eigenvalue weighted by Gasteiger charge is 2.41. The number of nitrogens with zero attached hydrogens (tertiary/aromatic N) is 1. The van der Waals surface area contributed by atoms with Crippen LogP contribution in [0.1, 0.15) is 46.5 Å². The van der Waals surface area contributed by atoms with Crippen LogP contribution in [-0.2, 0) is 4.79 Å². The molecule has 0 atom stereocenters. The van der Waals surface area contributed by atoms with Crippen molar-refractivity contribution < 1.29 is 4.79 Å². The lowest BCUT2D eigenvalue weighted by Gasteiger charge is -2.42. The van der Waals surface area contributed by atoms with Gasteiger partial charge >= 0.3 is 0 Å². The summed E-state index contributed by atoms with van der Waals surface area (Å²) in [5.74, 6) is 0.388. The highest BCUT2D eigenvalue weighted by atomic mass is 16.2. The first-order valence-electron chi connectivity index (χ1n) is 6.47. The fourth-order valence-corrected chi connectivity index (χ4v) is 3.07. The Labute approximate surface area is 98.6 Å². The van der Waals surface area contributed by atoms with Crippen molar-refractivity contribution in [3.05, 3.63) is 0 Å². The van der Waals surface area contributed by atoms with Crippen LogP contribution < -0.4 is 5.32 Å². The van der Waals surface area contributed by atoms with Crippen molar-refractivity contribution >= 4 is 5.91 Å². The Morgan fingerprint density at radius 3 is 2.38 bits per heavy atom. The van der Waals surface area contributed by atoms with Gasteiger partial charge in [0, 0.05) is 30.6 Å². The van der Waals surface area contributed by atoms with E-state index in [-0.39, 0.29) is 11.0 Å². The first-order valence-corrected chi connectivity index (χ1v) is 6.47. The van der Waals surface area contributed by atoms with Gasteiger partial charge in [0.25, 0.3) is 0 Å². The fraction of sp³-hybridized carbons (Fsp3) is 0.923. The van der Waals surface area contributed by atoms with Crippen LogP contribution in [0.3, 0.4) is 0 Å². The number of carbonyl (C=O) groups excluding carboxylic acids is 1. The molecule has 92 valence electrons. The monoisotopic (exact) mass is 224 g/mol. The van der Waals surface area contributed by atoms with Gasteiger partial charge in [-0.05, 0) is 26.7 Å². The van der Waals surface area contributed by atoms with E-state index in [0.29, 0.717) is 5.91 Å². The molecule has 0 aromatic rings. The van der Waals surface area contributed by atoms with Gasteiger partial charge in [-0.25, -0.2) is 0 Å². The Morgan fingerprint density at radius 2 is 1.81 bits per heavy atom. The van der Waals surface area contributed by atoms with Crippen LogP contribution in [-0.4, -0.2) is 36.0 Å². The normalized spacial score (nSPS) is 28.1. The number of hydrogen-bond donors (Lipinski definition) is 1. The topological polar surface area (TPSA) is 32.3 Å². The summed E-state index contributed by atoms with van der Waals surface area (Å²) in [5.41, 5.74) is 0.0102. The lowest BCUT2D eigenvalue weighted by Crippen LogP contribution is -2.60. The smallest absolute Gasteiger partial charge is 0.228 e. The molecule has 3 heteroatoms. The molecule has 3 nitrogen and oxygen atoms in total. The molecule has 0 spiro atoms. The summed E-state index contributed by atoms with van der Waals surface area (Å²) in [7, 11) is 0. The molecule has 2 rings (SSSR count). The molecule has 1 aliphatic carbocycles. The van der Waals surface area contributed by atoms with E-state index in [1.807, 2.05) is 0 Å². The Hall–Kier alpha value is -0.570. The molecule has 1 aliphatic heterocycles. The van der Waals surface area contributed by atoms with Crippen molar-refractivity contribution in [3.8, 4) is 0 Å². The van der Waals surface area contributed by atoms with E-state index in [9.17, 15) is 4.79 Å². The SMILES string of the molecule is CC1(C)CN(C(=O)C2(C)CCCC2)CCN1. The third-order valence-corrected chi connectivity index (χ3v) is 4.08. The molecule has 0 aromatic carbocycles. The summed E-state index contributed by atoms with van der Waals surface area (Å²) in [6.45, 7) is 9.14. The highest BCUT2D eigenvalue weighted by molar-refractivity contribution is 5.82. The third kappa shape index (κ3) is 2.24. The van der Waals surface area contributed by atoms with E-state index >= 15 is 0 Å². The lowest BCUT2D eigenvalue weighted by atomic mass is 9.86. The Kier molecular flexibility index (Phi) is 2.99. The van der Waals surface area contributed by atoms with E-state index in [0.717, 1.165) is 32.5 Å². The lowest BCUT2D eigenvalue weighted by molar-refractivity contribution is -0.143. The van der Waals surface area contributed by atoms with E-state index in [2.05, 4.69) is 31.0 Å². The van der Waals surface area contributed by atoms with E-state index in [4.69, 9.17) is 0 Å². The first kappa shape index (κ1) is 11.9. The summed E-state index contributed by atoms with van der Waals surface area (Å²) in [4.78, 5) is 14.6. The summed E-state index contributed by atoms with van der Waals surface area (Å²) >= 11 is 0. The van der Waals surface area contributed by atoms with Crippen LogP contribution in [0.25, 0.3) is 0 Å². The second kappa shape index (κ2) is 4.02. The van der Waals surface area contributed by atoms with Crippen LogP contribution in [0.4, 0.5) is 0 Å². The van der Waals surface area contributed by atoms with Gasteiger partial charge in [0.2, 0.25) is 5.91 Å². The molecule has 1 amide bonds. The van der Waals surface area contributed by atoms with Crippen LogP contribution in [0, 0.1) is 5.41 Å². The second-order valence-corrected chi connectivity index (χ2v) is 6.31. The minimum Gasteiger partial charge on any atom is -0.339 e. The van der Waals surface area contributed by atoms with Crippen molar-refractivity contribution in [1.82, 2.24) is 10.2 Å². The van der Waals surface area contributed by atoms with Gasteiger partial charge in [-0.3, -0.25) is 4.79 Å². The summed E-state index contributed by atoms with van der Waals surface area (Å²) in [6.07, 6.45) is 4.60. The molecule has 1 saturated heterocycles.